The molecule has 1 atom stereocenters. The van der Waals surface area contributed by atoms with Crippen LogP contribution < -0.4 is 0 Å². The van der Waals surface area contributed by atoms with Crippen LogP contribution in [0.5, 0.6) is 0 Å². The summed E-state index contributed by atoms with van der Waals surface area (Å²) in [6.07, 6.45) is 1.86. The van der Waals surface area contributed by atoms with Gasteiger partial charge in [-0.3, -0.25) is 4.79 Å². The summed E-state index contributed by atoms with van der Waals surface area (Å²) >= 11 is 0. The molecule has 6 heteroatoms. The van der Waals surface area contributed by atoms with Crippen LogP contribution in [0.25, 0.3) is 0 Å². The fraction of sp³-hybridized carbons (Fsp3) is 0.533. The van der Waals surface area contributed by atoms with Crippen molar-refractivity contribution in [2.75, 3.05) is 27.2 Å². The molecule has 2 rings (SSSR count). The Morgan fingerprint density at radius 1 is 1.33 bits per heavy atom. The lowest BCUT2D eigenvalue weighted by Crippen LogP contribution is -2.47. The summed E-state index contributed by atoms with van der Waals surface area (Å²) in [7, 11) is 0.409. The maximum atomic E-state index is 12.7. The van der Waals surface area contributed by atoms with Gasteiger partial charge in [0.1, 0.15) is 0 Å². The predicted molar refractivity (Wildman–Crippen MR) is 81.9 cm³/mol. The summed E-state index contributed by atoms with van der Waals surface area (Å²) in [5, 5.41) is 0. The lowest BCUT2D eigenvalue weighted by Gasteiger charge is -2.35. The Bertz CT molecular complexity index is 626. The van der Waals surface area contributed by atoms with E-state index in [1.165, 1.54) is 17.3 Å². The van der Waals surface area contributed by atoms with E-state index in [1.807, 2.05) is 14.1 Å². The van der Waals surface area contributed by atoms with Crippen molar-refractivity contribution in [3.05, 3.63) is 29.8 Å². The van der Waals surface area contributed by atoms with Gasteiger partial charge in [0, 0.05) is 24.7 Å². The van der Waals surface area contributed by atoms with Crippen molar-refractivity contribution in [1.82, 2.24) is 9.21 Å². The Morgan fingerprint density at radius 3 is 2.67 bits per heavy atom. The highest BCUT2D eigenvalue weighted by Gasteiger charge is 2.31. The van der Waals surface area contributed by atoms with Crippen LogP contribution in [0.2, 0.25) is 0 Å². The summed E-state index contributed by atoms with van der Waals surface area (Å²) in [5.74, 6) is -0.128. The van der Waals surface area contributed by atoms with Gasteiger partial charge in [0.05, 0.1) is 4.90 Å². The number of Topliss-reactive ketones (excluding diaryl/α,β-unsaturated/α-hetero) is 1. The van der Waals surface area contributed by atoms with E-state index in [0.29, 0.717) is 18.7 Å². The van der Waals surface area contributed by atoms with E-state index < -0.39 is 10.0 Å². The second kappa shape index (κ2) is 6.25. The Morgan fingerprint density at radius 2 is 2.05 bits per heavy atom. The first-order valence-corrected chi connectivity index (χ1v) is 8.54. The fourth-order valence-corrected chi connectivity index (χ4v) is 4.15. The van der Waals surface area contributed by atoms with E-state index in [-0.39, 0.29) is 16.7 Å². The van der Waals surface area contributed by atoms with Crippen LogP contribution >= 0.6 is 0 Å². The van der Waals surface area contributed by atoms with E-state index in [4.69, 9.17) is 0 Å². The average molecular weight is 310 g/mol. The molecule has 0 N–H and O–H groups in total. The maximum Gasteiger partial charge on any atom is 0.243 e. The number of carbonyl (C=O) groups excluding carboxylic acids is 1. The van der Waals surface area contributed by atoms with Crippen LogP contribution in [0.1, 0.15) is 30.1 Å². The number of ketones is 1. The van der Waals surface area contributed by atoms with Crippen LogP contribution in [0.3, 0.4) is 0 Å². The number of hydrogen-bond donors (Lipinski definition) is 0. The van der Waals surface area contributed by atoms with Crippen molar-refractivity contribution in [3.63, 3.8) is 0 Å². The van der Waals surface area contributed by atoms with Crippen molar-refractivity contribution >= 4 is 15.8 Å². The third kappa shape index (κ3) is 3.51. The normalized spacial score (nSPS) is 20.7. The topological polar surface area (TPSA) is 57.7 Å². The van der Waals surface area contributed by atoms with Gasteiger partial charge in [-0.15, -0.1) is 0 Å². The molecule has 0 amide bonds. The second-order valence-electron chi connectivity index (χ2n) is 5.71. The molecular weight excluding hydrogens is 288 g/mol. The summed E-state index contributed by atoms with van der Waals surface area (Å²) in [4.78, 5) is 13.7. The summed E-state index contributed by atoms with van der Waals surface area (Å²) < 4.78 is 27.0. The van der Waals surface area contributed by atoms with Crippen molar-refractivity contribution in [2.24, 2.45) is 0 Å². The van der Waals surface area contributed by atoms with Crippen molar-refractivity contribution in [3.8, 4) is 0 Å². The van der Waals surface area contributed by atoms with E-state index in [0.717, 1.165) is 12.8 Å². The lowest BCUT2D eigenvalue weighted by molar-refractivity contribution is 0.101. The third-order valence-electron chi connectivity index (χ3n) is 3.97. The highest BCUT2D eigenvalue weighted by molar-refractivity contribution is 7.89. The van der Waals surface area contributed by atoms with E-state index in [2.05, 4.69) is 4.90 Å². The quantitative estimate of drug-likeness (QED) is 0.793. The van der Waals surface area contributed by atoms with E-state index in [9.17, 15) is 13.2 Å². The highest BCUT2D eigenvalue weighted by Crippen LogP contribution is 2.23. The second-order valence-corrected chi connectivity index (χ2v) is 7.64. The summed E-state index contributed by atoms with van der Waals surface area (Å²) in [6.45, 7) is 2.48. The number of rotatable bonds is 4. The Hall–Kier alpha value is -1.24. The van der Waals surface area contributed by atoms with E-state index in [1.54, 1.807) is 18.2 Å². The molecule has 1 aromatic carbocycles. The number of nitrogens with zero attached hydrogens (tertiary/aromatic N) is 2. The smallest absolute Gasteiger partial charge is 0.243 e. The van der Waals surface area contributed by atoms with Crippen LogP contribution in [-0.2, 0) is 10.0 Å². The molecule has 1 fully saturated rings. The number of hydrogen-bond acceptors (Lipinski definition) is 4. The van der Waals surface area contributed by atoms with Crippen molar-refractivity contribution < 1.29 is 13.2 Å². The molecular formula is C15H22N2O3S. The molecule has 0 aromatic heterocycles. The maximum absolute atomic E-state index is 12.7. The number of likely N-dealkylation sites (N-methyl/N-ethyl adjacent to an activating group) is 1. The zero-order valence-corrected chi connectivity index (χ0v) is 13.6. The minimum Gasteiger partial charge on any atom is -0.305 e. The molecule has 0 aliphatic carbocycles. The average Bonchev–Trinajstić information content (AvgIpc) is 2.47. The monoisotopic (exact) mass is 310 g/mol. The first kappa shape index (κ1) is 16.1. The van der Waals surface area contributed by atoms with Gasteiger partial charge in [-0.1, -0.05) is 12.1 Å². The highest BCUT2D eigenvalue weighted by atomic mass is 32.2. The van der Waals surface area contributed by atoms with Gasteiger partial charge in [0.25, 0.3) is 0 Å². The van der Waals surface area contributed by atoms with Gasteiger partial charge in [-0.05, 0) is 46.0 Å². The van der Waals surface area contributed by atoms with Gasteiger partial charge in [-0.25, -0.2) is 8.42 Å². The first-order valence-electron chi connectivity index (χ1n) is 7.10. The van der Waals surface area contributed by atoms with Gasteiger partial charge in [0.2, 0.25) is 10.0 Å². The van der Waals surface area contributed by atoms with Crippen LogP contribution in [0.4, 0.5) is 0 Å². The van der Waals surface area contributed by atoms with Crippen molar-refractivity contribution in [1.29, 1.82) is 0 Å². The molecule has 1 unspecified atom stereocenters. The van der Waals surface area contributed by atoms with Gasteiger partial charge in [0.15, 0.2) is 5.78 Å². The molecule has 1 aliphatic rings. The SMILES string of the molecule is CC(=O)c1cccc(S(=O)(=O)N2CCCC(N(C)C)C2)c1. The molecule has 116 valence electrons. The Labute approximate surface area is 126 Å². The molecule has 1 aliphatic heterocycles. The van der Waals surface area contributed by atoms with Crippen molar-refractivity contribution in [2.45, 2.75) is 30.7 Å². The molecule has 0 bridgehead atoms. The standard InChI is InChI=1S/C15H22N2O3S/c1-12(18)13-6-4-8-15(10-13)21(19,20)17-9-5-7-14(11-17)16(2)3/h4,6,8,10,14H,5,7,9,11H2,1-3H3. The molecule has 0 spiro atoms. The molecule has 1 heterocycles. The molecule has 0 radical (unpaired) electrons. The molecule has 0 saturated carbocycles. The van der Waals surface area contributed by atoms with Gasteiger partial charge >= 0.3 is 0 Å². The first-order chi connectivity index (χ1) is 9.82. The largest absolute Gasteiger partial charge is 0.305 e. The molecule has 1 saturated heterocycles. The summed E-state index contributed by atoms with van der Waals surface area (Å²) in [6, 6.07) is 6.53. The summed E-state index contributed by atoms with van der Waals surface area (Å²) in [5.41, 5.74) is 0.428. The zero-order chi connectivity index (χ0) is 15.6. The van der Waals surface area contributed by atoms with Gasteiger partial charge < -0.3 is 4.90 Å². The van der Waals surface area contributed by atoms with Crippen LogP contribution in [0, 0.1) is 0 Å². The number of carbonyl (C=O) groups is 1. The zero-order valence-electron chi connectivity index (χ0n) is 12.7. The molecule has 5 nitrogen and oxygen atoms in total. The molecule has 1 aromatic rings. The van der Waals surface area contributed by atoms with E-state index >= 15 is 0 Å². The predicted octanol–water partition coefficient (Wildman–Crippen LogP) is 1.60. The lowest BCUT2D eigenvalue weighted by atomic mass is 10.1. The molecule has 21 heavy (non-hydrogen) atoms. The third-order valence-corrected chi connectivity index (χ3v) is 5.83. The number of piperidine rings is 1. The number of sulfonamides is 1. The van der Waals surface area contributed by atoms with Crippen LogP contribution in [0.15, 0.2) is 29.2 Å². The Balaban J connectivity index is 2.29. The minimum absolute atomic E-state index is 0.128. The Kier molecular flexibility index (Phi) is 4.81. The van der Waals surface area contributed by atoms with Gasteiger partial charge in [-0.2, -0.15) is 4.31 Å². The fourth-order valence-electron chi connectivity index (χ4n) is 2.59. The minimum atomic E-state index is -3.53. The van der Waals surface area contributed by atoms with Crippen LogP contribution in [-0.4, -0.2) is 56.6 Å². The number of benzene rings is 1.